The van der Waals surface area contributed by atoms with Crippen molar-refractivity contribution in [2.45, 2.75) is 20.8 Å². The summed E-state index contributed by atoms with van der Waals surface area (Å²) in [7, 11) is 0. The van der Waals surface area contributed by atoms with Gasteiger partial charge in [0, 0.05) is 18.5 Å². The predicted molar refractivity (Wildman–Crippen MR) is 90.0 cm³/mol. The van der Waals surface area contributed by atoms with Gasteiger partial charge in [0.2, 0.25) is 11.9 Å². The summed E-state index contributed by atoms with van der Waals surface area (Å²) in [6.07, 6.45) is 3.36. The number of hydrogen-bond acceptors (Lipinski definition) is 7. The molecule has 2 heterocycles. The van der Waals surface area contributed by atoms with E-state index in [1.54, 1.807) is 37.8 Å². The first-order valence-corrected chi connectivity index (χ1v) is 7.32. The van der Waals surface area contributed by atoms with Crippen molar-refractivity contribution in [2.75, 3.05) is 23.3 Å². The number of fused-ring (bicyclic) bond motifs is 1. The Labute approximate surface area is 138 Å². The minimum Gasteiger partial charge on any atom is -0.333 e. The van der Waals surface area contributed by atoms with Gasteiger partial charge in [0.25, 0.3) is 11.7 Å². The smallest absolute Gasteiger partial charge is 0.333 e. The fourth-order valence-corrected chi connectivity index (χ4v) is 1.79. The summed E-state index contributed by atoms with van der Waals surface area (Å²) in [5.41, 5.74) is -0.653. The summed E-state index contributed by atoms with van der Waals surface area (Å²) in [5, 5.41) is 2.64. The van der Waals surface area contributed by atoms with E-state index in [1.807, 2.05) is 0 Å². The van der Waals surface area contributed by atoms with Crippen LogP contribution in [0.4, 0.5) is 11.9 Å². The van der Waals surface area contributed by atoms with Crippen molar-refractivity contribution in [1.82, 2.24) is 19.5 Å². The monoisotopic (exact) mass is 332 g/mol. The Morgan fingerprint density at radius 3 is 2.42 bits per heavy atom. The third-order valence-corrected chi connectivity index (χ3v) is 3.03. The Morgan fingerprint density at radius 1 is 1.25 bits per heavy atom. The number of nitrogens with one attached hydrogen (secondary N) is 1. The van der Waals surface area contributed by atoms with Crippen LogP contribution < -0.4 is 16.0 Å². The van der Waals surface area contributed by atoms with Gasteiger partial charge in [0.05, 0.1) is 0 Å². The summed E-state index contributed by atoms with van der Waals surface area (Å²) in [4.78, 5) is 37.6. The van der Waals surface area contributed by atoms with E-state index in [1.165, 1.54) is 0 Å². The molecule has 0 saturated carbocycles. The van der Waals surface area contributed by atoms with E-state index in [2.05, 4.69) is 33.4 Å². The highest BCUT2D eigenvalue weighted by Gasteiger charge is 2.24. The van der Waals surface area contributed by atoms with Gasteiger partial charge in [0.1, 0.15) is 0 Å². The molecule has 2 aromatic heterocycles. The summed E-state index contributed by atoms with van der Waals surface area (Å²) in [6.45, 7) is 13.6. The van der Waals surface area contributed by atoms with E-state index in [-0.39, 0.29) is 23.6 Å². The lowest BCUT2D eigenvalue weighted by Gasteiger charge is -2.21. The topological polar surface area (TPSA) is 106 Å². The molecule has 0 aliphatic carbocycles. The van der Waals surface area contributed by atoms with E-state index in [0.717, 1.165) is 4.57 Å². The van der Waals surface area contributed by atoms with Crippen LogP contribution in [0.1, 0.15) is 20.8 Å². The fourth-order valence-electron chi connectivity index (χ4n) is 1.79. The number of rotatable bonds is 6. The van der Waals surface area contributed by atoms with Crippen molar-refractivity contribution in [3.05, 3.63) is 35.9 Å². The van der Waals surface area contributed by atoms with E-state index in [4.69, 9.17) is 4.52 Å². The molecule has 0 atom stereocenters. The average molecular weight is 332 g/mol. The number of amides is 1. The summed E-state index contributed by atoms with van der Waals surface area (Å²) in [6, 6.07) is 0. The van der Waals surface area contributed by atoms with Crippen LogP contribution in [0.3, 0.4) is 0 Å². The van der Waals surface area contributed by atoms with Crippen LogP contribution in [0, 0.1) is 5.41 Å². The van der Waals surface area contributed by atoms with Crippen molar-refractivity contribution in [2.24, 2.45) is 5.41 Å². The summed E-state index contributed by atoms with van der Waals surface area (Å²) >= 11 is 0. The Balaban J connectivity index is 2.55. The molecule has 0 spiro atoms. The minimum absolute atomic E-state index is 0.00679. The number of carbonyl (C=O) groups excluding carboxylic acids is 1. The third-order valence-electron chi connectivity index (χ3n) is 3.03. The number of hydrogen-bond donors (Lipinski definition) is 1. The van der Waals surface area contributed by atoms with Crippen molar-refractivity contribution in [1.29, 1.82) is 0 Å². The highest BCUT2D eigenvalue weighted by molar-refractivity contribution is 5.93. The van der Waals surface area contributed by atoms with Crippen molar-refractivity contribution >= 4 is 23.6 Å². The average Bonchev–Trinajstić information content (AvgIpc) is 2.86. The van der Waals surface area contributed by atoms with Gasteiger partial charge >= 0.3 is 5.76 Å². The largest absolute Gasteiger partial charge is 0.462 e. The molecule has 9 nitrogen and oxygen atoms in total. The molecule has 9 heteroatoms. The van der Waals surface area contributed by atoms with Gasteiger partial charge in [-0.15, -0.1) is 18.1 Å². The van der Waals surface area contributed by atoms with E-state index in [0.29, 0.717) is 13.1 Å². The second kappa shape index (κ2) is 6.65. The van der Waals surface area contributed by atoms with Crippen molar-refractivity contribution in [3.63, 3.8) is 0 Å². The second-order valence-electron chi connectivity index (χ2n) is 6.10. The molecule has 0 bridgehead atoms. The maximum absolute atomic E-state index is 12.2. The van der Waals surface area contributed by atoms with Gasteiger partial charge in [-0.05, 0) is 0 Å². The maximum Gasteiger partial charge on any atom is 0.462 e. The summed E-state index contributed by atoms with van der Waals surface area (Å²) in [5.74, 6) is -0.808. The number of carbonyl (C=O) groups is 1. The Hall–Kier alpha value is -2.97. The van der Waals surface area contributed by atoms with Gasteiger partial charge in [-0.25, -0.2) is 4.79 Å². The molecule has 1 N–H and O–H groups in total. The molecule has 0 fully saturated rings. The molecule has 2 rings (SSSR count). The first-order valence-electron chi connectivity index (χ1n) is 7.32. The van der Waals surface area contributed by atoms with Gasteiger partial charge in [0.15, 0.2) is 0 Å². The number of anilines is 2. The molecule has 0 aliphatic heterocycles. The lowest BCUT2D eigenvalue weighted by atomic mass is 9.96. The van der Waals surface area contributed by atoms with Crippen LogP contribution in [0.5, 0.6) is 0 Å². The number of nitrogens with zero attached hydrogens (tertiary/aromatic N) is 5. The summed E-state index contributed by atoms with van der Waals surface area (Å²) < 4.78 is 5.91. The molecule has 1 amide bonds. The normalized spacial score (nSPS) is 11.3. The molecular weight excluding hydrogens is 312 g/mol. The highest BCUT2D eigenvalue weighted by atomic mass is 16.5. The van der Waals surface area contributed by atoms with Gasteiger partial charge in [-0.2, -0.15) is 9.97 Å². The SMILES string of the molecule is C=CCN(CC=C)c1nc(NC(=O)C(C)(C)C)n2oc(=O)nc2n1. The number of aromatic nitrogens is 4. The third kappa shape index (κ3) is 3.67. The van der Waals surface area contributed by atoms with Crippen molar-refractivity contribution in [3.8, 4) is 0 Å². The molecule has 0 aliphatic rings. The molecule has 0 radical (unpaired) electrons. The molecule has 2 aromatic rings. The molecule has 0 aromatic carbocycles. The Kier molecular flexibility index (Phi) is 4.82. The molecule has 0 unspecified atom stereocenters. The lowest BCUT2D eigenvalue weighted by Crippen LogP contribution is -2.30. The zero-order valence-electron chi connectivity index (χ0n) is 13.9. The quantitative estimate of drug-likeness (QED) is 0.793. The van der Waals surface area contributed by atoms with Gasteiger partial charge in [-0.3, -0.25) is 10.1 Å². The standard InChI is InChI=1S/C15H20N6O3/c1-6-8-20(9-7-2)11-17-12(16-10(22)15(3,4)5)21-13(18-11)19-14(23)24-21/h6-7H,1-2,8-9H2,3-5H3,(H,16,17,18,19,22,23). The lowest BCUT2D eigenvalue weighted by molar-refractivity contribution is -0.123. The zero-order chi connectivity index (χ0) is 17.9. The van der Waals surface area contributed by atoms with Crippen LogP contribution in [-0.4, -0.2) is 38.5 Å². The van der Waals surface area contributed by atoms with Crippen LogP contribution >= 0.6 is 0 Å². The van der Waals surface area contributed by atoms with Crippen molar-refractivity contribution < 1.29 is 9.32 Å². The molecule has 128 valence electrons. The van der Waals surface area contributed by atoms with Crippen LogP contribution in [-0.2, 0) is 4.79 Å². The van der Waals surface area contributed by atoms with Crippen LogP contribution in [0.15, 0.2) is 34.6 Å². The minimum atomic E-state index is -0.827. The van der Waals surface area contributed by atoms with Crippen LogP contribution in [0.25, 0.3) is 5.78 Å². The van der Waals surface area contributed by atoms with Crippen LogP contribution in [0.2, 0.25) is 0 Å². The van der Waals surface area contributed by atoms with E-state index < -0.39 is 11.2 Å². The van der Waals surface area contributed by atoms with E-state index in [9.17, 15) is 9.59 Å². The molecule has 24 heavy (non-hydrogen) atoms. The maximum atomic E-state index is 12.2. The second-order valence-corrected chi connectivity index (χ2v) is 6.10. The van der Waals surface area contributed by atoms with Gasteiger partial charge < -0.3 is 9.42 Å². The first-order chi connectivity index (χ1) is 11.3. The Bertz CT molecular complexity index is 820. The predicted octanol–water partition coefficient (Wildman–Crippen LogP) is 1.24. The zero-order valence-corrected chi connectivity index (χ0v) is 13.9. The fraction of sp³-hybridized carbons (Fsp3) is 0.400. The highest BCUT2D eigenvalue weighted by Crippen LogP contribution is 2.18. The molecular formula is C15H20N6O3. The Morgan fingerprint density at radius 2 is 1.88 bits per heavy atom. The van der Waals surface area contributed by atoms with E-state index >= 15 is 0 Å². The van der Waals surface area contributed by atoms with Gasteiger partial charge in [-0.1, -0.05) is 37.5 Å². The first kappa shape index (κ1) is 17.4. The molecule has 0 saturated heterocycles.